The Balaban J connectivity index is 2.78. The summed E-state index contributed by atoms with van der Waals surface area (Å²) in [5, 5.41) is 4.10. The number of pyridine rings is 1. The number of nitrogens with two attached hydrogens (primary N) is 1. The van der Waals surface area contributed by atoms with Gasteiger partial charge in [-0.3, -0.25) is 0 Å². The van der Waals surface area contributed by atoms with Crippen LogP contribution in [0.15, 0.2) is 12.3 Å². The molecule has 0 radical (unpaired) electrons. The summed E-state index contributed by atoms with van der Waals surface area (Å²) >= 11 is 6.02. The van der Waals surface area contributed by atoms with Crippen LogP contribution in [0.2, 0.25) is 5.02 Å². The van der Waals surface area contributed by atoms with Crippen LogP contribution in [-0.4, -0.2) is 36.1 Å². The van der Waals surface area contributed by atoms with Gasteiger partial charge in [-0.15, -0.1) is 0 Å². The van der Waals surface area contributed by atoms with Crippen LogP contribution in [0, 0.1) is 0 Å². The molecule has 0 aliphatic heterocycles. The molecule has 0 aliphatic carbocycles. The lowest BCUT2D eigenvalue weighted by atomic mass is 10.0. The third kappa shape index (κ3) is 4.97. The van der Waals surface area contributed by atoms with Crippen LogP contribution in [0.3, 0.4) is 0 Å². The first kappa shape index (κ1) is 16.2. The predicted molar refractivity (Wildman–Crippen MR) is 82.5 cm³/mol. The topological polar surface area (TPSA) is 54.2 Å². The molecule has 0 amide bonds. The largest absolute Gasteiger partial charge is 0.383 e. The fraction of sp³-hybridized carbons (Fsp3) is 0.643. The summed E-state index contributed by atoms with van der Waals surface area (Å²) < 4.78 is 0. The van der Waals surface area contributed by atoms with E-state index in [0.29, 0.717) is 10.8 Å². The van der Waals surface area contributed by atoms with E-state index in [1.54, 1.807) is 6.20 Å². The first-order valence-corrected chi connectivity index (χ1v) is 7.36. The molecule has 0 aliphatic rings. The molecule has 5 heteroatoms. The Kier molecular flexibility index (Phi) is 7.13. The van der Waals surface area contributed by atoms with Crippen LogP contribution in [0.4, 0.5) is 5.82 Å². The molecule has 0 aromatic carbocycles. The van der Waals surface area contributed by atoms with Gasteiger partial charge in [0.25, 0.3) is 0 Å². The van der Waals surface area contributed by atoms with E-state index < -0.39 is 0 Å². The number of anilines is 1. The van der Waals surface area contributed by atoms with Crippen molar-refractivity contribution in [1.82, 2.24) is 15.2 Å². The van der Waals surface area contributed by atoms with Crippen LogP contribution in [-0.2, 0) is 0 Å². The molecule has 0 fully saturated rings. The smallest absolute Gasteiger partial charge is 0.128 e. The minimum absolute atomic E-state index is 0.205. The lowest BCUT2D eigenvalue weighted by Gasteiger charge is -2.24. The number of hydrogen-bond acceptors (Lipinski definition) is 4. The Bertz CT molecular complexity index is 380. The van der Waals surface area contributed by atoms with Crippen molar-refractivity contribution in [3.05, 3.63) is 22.8 Å². The molecular weight excluding hydrogens is 260 g/mol. The average Bonchev–Trinajstić information content (AvgIpc) is 2.41. The second-order valence-corrected chi connectivity index (χ2v) is 4.99. The Morgan fingerprint density at radius 2 is 2.05 bits per heavy atom. The Morgan fingerprint density at radius 1 is 1.37 bits per heavy atom. The maximum atomic E-state index is 6.02. The molecule has 0 saturated carbocycles. The first-order chi connectivity index (χ1) is 9.12. The molecule has 3 N–H and O–H groups in total. The summed E-state index contributed by atoms with van der Waals surface area (Å²) in [5.74, 6) is 0.565. The lowest BCUT2D eigenvalue weighted by Crippen LogP contribution is -2.30. The minimum Gasteiger partial charge on any atom is -0.383 e. The standard InChI is InChI=1S/C14H25ClN4/c1-4-17-13(7-8-19(5-2)6-3)12-9-11(15)10-18-14(12)16/h9-10,13,17H,4-8H2,1-3H3,(H2,16,18). The van der Waals surface area contributed by atoms with Gasteiger partial charge in [-0.25, -0.2) is 4.98 Å². The molecule has 1 aromatic rings. The van der Waals surface area contributed by atoms with E-state index in [2.05, 4.69) is 36.0 Å². The summed E-state index contributed by atoms with van der Waals surface area (Å²) in [6, 6.07) is 2.12. The molecule has 1 aromatic heterocycles. The van der Waals surface area contributed by atoms with E-state index in [-0.39, 0.29) is 6.04 Å². The van der Waals surface area contributed by atoms with Gasteiger partial charge >= 0.3 is 0 Å². The molecule has 1 atom stereocenters. The SMILES string of the molecule is CCNC(CCN(CC)CC)c1cc(Cl)cnc1N. The van der Waals surface area contributed by atoms with E-state index in [1.807, 2.05) is 6.07 Å². The average molecular weight is 285 g/mol. The van der Waals surface area contributed by atoms with Crippen molar-refractivity contribution in [2.45, 2.75) is 33.2 Å². The third-order valence-corrected chi connectivity index (χ3v) is 3.58. The highest BCUT2D eigenvalue weighted by atomic mass is 35.5. The van der Waals surface area contributed by atoms with Gasteiger partial charge in [-0.05, 0) is 38.7 Å². The van der Waals surface area contributed by atoms with Gasteiger partial charge in [0.05, 0.1) is 5.02 Å². The maximum absolute atomic E-state index is 6.02. The first-order valence-electron chi connectivity index (χ1n) is 6.98. The van der Waals surface area contributed by atoms with Gasteiger partial charge in [0.1, 0.15) is 5.82 Å². The van der Waals surface area contributed by atoms with Crippen molar-refractivity contribution in [2.75, 3.05) is 31.9 Å². The summed E-state index contributed by atoms with van der Waals surface area (Å²) in [4.78, 5) is 6.54. The van der Waals surface area contributed by atoms with E-state index in [4.69, 9.17) is 17.3 Å². The Morgan fingerprint density at radius 3 is 2.63 bits per heavy atom. The summed E-state index contributed by atoms with van der Waals surface area (Å²) in [7, 11) is 0. The predicted octanol–water partition coefficient (Wildman–Crippen LogP) is 2.70. The number of rotatable bonds is 8. The van der Waals surface area contributed by atoms with Crippen molar-refractivity contribution in [1.29, 1.82) is 0 Å². The van der Waals surface area contributed by atoms with Crippen molar-refractivity contribution >= 4 is 17.4 Å². The molecule has 0 spiro atoms. The molecule has 4 nitrogen and oxygen atoms in total. The van der Waals surface area contributed by atoms with Crippen LogP contribution < -0.4 is 11.1 Å². The summed E-state index contributed by atoms with van der Waals surface area (Å²) in [6.45, 7) is 10.5. The van der Waals surface area contributed by atoms with E-state index in [1.165, 1.54) is 0 Å². The Labute approximate surface area is 121 Å². The number of halogens is 1. The van der Waals surface area contributed by atoms with Gasteiger partial charge < -0.3 is 16.0 Å². The van der Waals surface area contributed by atoms with Gasteiger partial charge in [0.2, 0.25) is 0 Å². The van der Waals surface area contributed by atoms with E-state index in [9.17, 15) is 0 Å². The van der Waals surface area contributed by atoms with E-state index in [0.717, 1.165) is 38.2 Å². The Hall–Kier alpha value is -0.840. The highest BCUT2D eigenvalue weighted by Gasteiger charge is 2.15. The molecule has 0 bridgehead atoms. The molecule has 19 heavy (non-hydrogen) atoms. The molecule has 1 rings (SSSR count). The zero-order chi connectivity index (χ0) is 14.3. The molecule has 0 saturated heterocycles. The molecule has 1 heterocycles. The lowest BCUT2D eigenvalue weighted by molar-refractivity contribution is 0.282. The highest BCUT2D eigenvalue weighted by Crippen LogP contribution is 2.24. The second-order valence-electron chi connectivity index (χ2n) is 4.55. The third-order valence-electron chi connectivity index (χ3n) is 3.37. The number of aromatic nitrogens is 1. The van der Waals surface area contributed by atoms with Crippen LogP contribution >= 0.6 is 11.6 Å². The fourth-order valence-corrected chi connectivity index (χ4v) is 2.38. The van der Waals surface area contributed by atoms with Crippen LogP contribution in [0.1, 0.15) is 38.8 Å². The number of nitrogens with one attached hydrogen (secondary N) is 1. The molecular formula is C14H25ClN4. The maximum Gasteiger partial charge on any atom is 0.128 e. The van der Waals surface area contributed by atoms with Crippen LogP contribution in [0.25, 0.3) is 0 Å². The quantitative estimate of drug-likeness (QED) is 0.771. The highest BCUT2D eigenvalue weighted by molar-refractivity contribution is 6.30. The van der Waals surface area contributed by atoms with Gasteiger partial charge in [-0.2, -0.15) is 0 Å². The summed E-state index contributed by atoms with van der Waals surface area (Å²) in [5.41, 5.74) is 6.97. The van der Waals surface area contributed by atoms with Crippen LogP contribution in [0.5, 0.6) is 0 Å². The second kappa shape index (κ2) is 8.35. The minimum atomic E-state index is 0.205. The van der Waals surface area contributed by atoms with Gasteiger partial charge in [0, 0.05) is 17.8 Å². The van der Waals surface area contributed by atoms with Gasteiger partial charge in [-0.1, -0.05) is 32.4 Å². The normalized spacial score (nSPS) is 12.9. The zero-order valence-corrected chi connectivity index (χ0v) is 12.9. The molecule has 108 valence electrons. The summed E-state index contributed by atoms with van der Waals surface area (Å²) in [6.07, 6.45) is 2.59. The zero-order valence-electron chi connectivity index (χ0n) is 12.1. The van der Waals surface area contributed by atoms with Crippen molar-refractivity contribution in [2.24, 2.45) is 0 Å². The van der Waals surface area contributed by atoms with Gasteiger partial charge in [0.15, 0.2) is 0 Å². The van der Waals surface area contributed by atoms with E-state index >= 15 is 0 Å². The number of hydrogen-bond donors (Lipinski definition) is 2. The number of nitrogen functional groups attached to an aromatic ring is 1. The molecule has 1 unspecified atom stereocenters. The van der Waals surface area contributed by atoms with Crippen molar-refractivity contribution in [3.8, 4) is 0 Å². The van der Waals surface area contributed by atoms with Crippen molar-refractivity contribution < 1.29 is 0 Å². The fourth-order valence-electron chi connectivity index (χ4n) is 2.21. The monoisotopic (exact) mass is 284 g/mol. The van der Waals surface area contributed by atoms with Crippen molar-refractivity contribution in [3.63, 3.8) is 0 Å². The number of nitrogens with zero attached hydrogens (tertiary/aromatic N) is 2.